The van der Waals surface area contributed by atoms with Gasteiger partial charge in [-0.25, -0.2) is 0 Å². The number of benzene rings is 2. The molecule has 1 unspecified atom stereocenters. The van der Waals surface area contributed by atoms with Crippen molar-refractivity contribution in [1.29, 1.82) is 0 Å². The van der Waals surface area contributed by atoms with Gasteiger partial charge in [-0.05, 0) is 54.9 Å². The average Bonchev–Trinajstić information content (AvgIpc) is 3.09. The van der Waals surface area contributed by atoms with Crippen molar-refractivity contribution in [1.82, 2.24) is 14.8 Å². The number of nitrogens with zero attached hydrogens (tertiary/aromatic N) is 2. The van der Waals surface area contributed by atoms with Gasteiger partial charge in [0.25, 0.3) is 0 Å². The number of phenols is 1. The molecule has 0 fully saturated rings. The van der Waals surface area contributed by atoms with Gasteiger partial charge in [-0.3, -0.25) is 9.69 Å². The number of phenolic OH excluding ortho intramolecular Hbond substituents is 1. The zero-order valence-corrected chi connectivity index (χ0v) is 18.8. The zero-order chi connectivity index (χ0) is 21.3. The number of aromatic hydroxyl groups is 1. The summed E-state index contributed by atoms with van der Waals surface area (Å²) in [6.45, 7) is 2.23. The highest BCUT2D eigenvalue weighted by Gasteiger charge is 2.34. The molecule has 1 aromatic heterocycles. The smallest absolute Gasteiger partial charge is 0.237 e. The molecule has 0 radical (unpaired) electrons. The zero-order valence-electron chi connectivity index (χ0n) is 17.2. The summed E-state index contributed by atoms with van der Waals surface area (Å²) in [5.74, 6) is 0.260. The lowest BCUT2D eigenvalue weighted by atomic mass is 9.92. The van der Waals surface area contributed by atoms with Crippen molar-refractivity contribution in [2.75, 3.05) is 40.4 Å². The molecule has 2 N–H and O–H groups in total. The van der Waals surface area contributed by atoms with Crippen LogP contribution in [0.3, 0.4) is 0 Å². The predicted octanol–water partition coefficient (Wildman–Crippen LogP) is 3.69. The third-order valence-electron chi connectivity index (χ3n) is 5.68. The first-order valence-corrected chi connectivity index (χ1v) is 10.8. The van der Waals surface area contributed by atoms with Crippen LogP contribution < -0.4 is 0 Å². The van der Waals surface area contributed by atoms with E-state index in [2.05, 4.69) is 33.0 Å². The number of hydrogen-bond acceptors (Lipinski definition) is 4. The van der Waals surface area contributed by atoms with E-state index >= 15 is 0 Å². The van der Waals surface area contributed by atoms with Crippen LogP contribution >= 0.6 is 15.9 Å². The first-order valence-electron chi connectivity index (χ1n) is 10.0. The van der Waals surface area contributed by atoms with Crippen LogP contribution in [0.25, 0.3) is 10.9 Å². The van der Waals surface area contributed by atoms with Crippen molar-refractivity contribution in [3.63, 3.8) is 0 Å². The van der Waals surface area contributed by atoms with Crippen molar-refractivity contribution in [2.45, 2.75) is 12.5 Å². The molecule has 0 saturated carbocycles. The predicted molar refractivity (Wildman–Crippen MR) is 121 cm³/mol. The number of amides is 1. The summed E-state index contributed by atoms with van der Waals surface area (Å²) in [5.41, 5.74) is 4.21. The maximum atomic E-state index is 13.3. The molecule has 4 rings (SSSR count). The van der Waals surface area contributed by atoms with E-state index in [0.29, 0.717) is 26.2 Å². The Morgan fingerprint density at radius 2 is 2.17 bits per heavy atom. The third-order valence-corrected chi connectivity index (χ3v) is 6.17. The topological polar surface area (TPSA) is 68.8 Å². The number of carbonyl (C=O) groups excluding carboxylic acids is 1. The highest BCUT2D eigenvalue weighted by atomic mass is 79.9. The van der Waals surface area contributed by atoms with Gasteiger partial charge in [0.2, 0.25) is 5.91 Å². The van der Waals surface area contributed by atoms with Gasteiger partial charge in [-0.2, -0.15) is 0 Å². The number of aromatic nitrogens is 1. The molecular formula is C23H26BrN3O3. The largest absolute Gasteiger partial charge is 0.508 e. The van der Waals surface area contributed by atoms with Gasteiger partial charge in [0.15, 0.2) is 0 Å². The molecule has 0 spiro atoms. The lowest BCUT2D eigenvalue weighted by molar-refractivity contribution is -0.134. The Kier molecular flexibility index (Phi) is 6.13. The second-order valence-electron chi connectivity index (χ2n) is 7.77. The molecule has 1 atom stereocenters. The molecule has 2 heterocycles. The van der Waals surface area contributed by atoms with Gasteiger partial charge in [0, 0.05) is 41.3 Å². The van der Waals surface area contributed by atoms with E-state index in [1.807, 2.05) is 35.0 Å². The van der Waals surface area contributed by atoms with Gasteiger partial charge < -0.3 is 19.7 Å². The van der Waals surface area contributed by atoms with Gasteiger partial charge in [-0.15, -0.1) is 0 Å². The quantitative estimate of drug-likeness (QED) is 0.575. The number of likely N-dealkylation sites (N-methyl/N-ethyl adjacent to an activating group) is 1. The Labute approximate surface area is 184 Å². The summed E-state index contributed by atoms with van der Waals surface area (Å²) in [5, 5.41) is 11.3. The lowest BCUT2D eigenvalue weighted by Gasteiger charge is -2.37. The molecular weight excluding hydrogens is 446 g/mol. The van der Waals surface area contributed by atoms with E-state index in [-0.39, 0.29) is 17.7 Å². The monoisotopic (exact) mass is 471 g/mol. The number of hydrogen-bond donors (Lipinski definition) is 2. The normalized spacial score (nSPS) is 16.3. The van der Waals surface area contributed by atoms with E-state index in [1.165, 1.54) is 10.9 Å². The fourth-order valence-corrected chi connectivity index (χ4v) is 4.58. The Bertz CT molecular complexity index is 1070. The first-order chi connectivity index (χ1) is 14.5. The van der Waals surface area contributed by atoms with Crippen LogP contribution in [0.1, 0.15) is 22.9 Å². The summed E-state index contributed by atoms with van der Waals surface area (Å²) in [6, 6.07) is 13.1. The summed E-state index contributed by atoms with van der Waals surface area (Å²) in [7, 11) is 3.59. The van der Waals surface area contributed by atoms with Crippen LogP contribution in [0, 0.1) is 0 Å². The molecule has 1 amide bonds. The molecule has 2 aromatic carbocycles. The van der Waals surface area contributed by atoms with Crippen molar-refractivity contribution >= 4 is 32.7 Å². The molecule has 0 aliphatic carbocycles. The Balaban J connectivity index is 1.74. The molecule has 1 aliphatic rings. The van der Waals surface area contributed by atoms with Crippen LogP contribution in [0.2, 0.25) is 0 Å². The number of carbonyl (C=O) groups is 1. The van der Waals surface area contributed by atoms with Crippen LogP contribution in [0.4, 0.5) is 0 Å². The third kappa shape index (κ3) is 4.10. The highest BCUT2D eigenvalue weighted by molar-refractivity contribution is 9.10. The van der Waals surface area contributed by atoms with Crippen LogP contribution in [0.15, 0.2) is 46.9 Å². The van der Waals surface area contributed by atoms with E-state index in [9.17, 15) is 9.90 Å². The first kappa shape index (κ1) is 20.9. The Hall–Kier alpha value is -2.35. The fourth-order valence-electron chi connectivity index (χ4n) is 4.22. The summed E-state index contributed by atoms with van der Waals surface area (Å²) >= 11 is 3.57. The molecule has 1 aliphatic heterocycles. The highest BCUT2D eigenvalue weighted by Crippen LogP contribution is 2.39. The number of aromatic amines is 1. The van der Waals surface area contributed by atoms with E-state index in [4.69, 9.17) is 4.74 Å². The molecule has 0 bridgehead atoms. The molecule has 30 heavy (non-hydrogen) atoms. The van der Waals surface area contributed by atoms with E-state index in [1.54, 1.807) is 19.2 Å². The van der Waals surface area contributed by atoms with Gasteiger partial charge in [-0.1, -0.05) is 28.1 Å². The van der Waals surface area contributed by atoms with Crippen molar-refractivity contribution in [2.24, 2.45) is 0 Å². The number of fused-ring (bicyclic) bond motifs is 3. The minimum Gasteiger partial charge on any atom is -0.508 e. The Morgan fingerprint density at radius 1 is 1.33 bits per heavy atom. The van der Waals surface area contributed by atoms with Gasteiger partial charge in [0.05, 0.1) is 19.2 Å². The van der Waals surface area contributed by atoms with E-state index < -0.39 is 0 Å². The summed E-state index contributed by atoms with van der Waals surface area (Å²) < 4.78 is 6.16. The van der Waals surface area contributed by atoms with Crippen LogP contribution in [-0.2, 0) is 16.0 Å². The van der Waals surface area contributed by atoms with Crippen LogP contribution in [0.5, 0.6) is 5.75 Å². The standard InChI is InChI=1S/C23H26BrN3O3/c1-26(10-11-30-2)14-21(29)27-9-8-18-19-13-16(24)6-7-20(19)25-22(18)23(27)15-4-3-5-17(28)12-15/h3-7,12-13,23,25,28H,8-11,14H2,1-2H3. The van der Waals surface area contributed by atoms with E-state index in [0.717, 1.165) is 27.7 Å². The molecule has 0 saturated heterocycles. The van der Waals surface area contributed by atoms with Gasteiger partial charge >= 0.3 is 0 Å². The molecule has 158 valence electrons. The number of ether oxygens (including phenoxy) is 1. The maximum Gasteiger partial charge on any atom is 0.237 e. The lowest BCUT2D eigenvalue weighted by Crippen LogP contribution is -2.45. The van der Waals surface area contributed by atoms with Crippen LogP contribution in [-0.4, -0.2) is 66.2 Å². The minimum atomic E-state index is -0.268. The number of halogens is 1. The molecule has 6 nitrogen and oxygen atoms in total. The fraction of sp³-hybridized carbons (Fsp3) is 0.348. The minimum absolute atomic E-state index is 0.0624. The number of H-pyrrole nitrogens is 1. The van der Waals surface area contributed by atoms with Crippen molar-refractivity contribution in [3.8, 4) is 5.75 Å². The average molecular weight is 472 g/mol. The van der Waals surface area contributed by atoms with Crippen molar-refractivity contribution in [3.05, 3.63) is 63.8 Å². The summed E-state index contributed by atoms with van der Waals surface area (Å²) in [6.07, 6.45) is 0.786. The van der Waals surface area contributed by atoms with Crippen molar-refractivity contribution < 1.29 is 14.6 Å². The number of nitrogens with one attached hydrogen (secondary N) is 1. The maximum absolute atomic E-state index is 13.3. The SMILES string of the molecule is COCCN(C)CC(=O)N1CCc2c([nH]c3ccc(Br)cc23)C1c1cccc(O)c1. The molecule has 3 aromatic rings. The second kappa shape index (κ2) is 8.79. The Morgan fingerprint density at radius 3 is 2.93 bits per heavy atom. The second-order valence-corrected chi connectivity index (χ2v) is 8.69. The summed E-state index contributed by atoms with van der Waals surface area (Å²) in [4.78, 5) is 20.7. The molecule has 7 heteroatoms. The number of rotatable bonds is 6. The van der Waals surface area contributed by atoms with Gasteiger partial charge in [0.1, 0.15) is 5.75 Å². The number of methoxy groups -OCH3 is 1.